The van der Waals surface area contributed by atoms with E-state index >= 15 is 0 Å². The Labute approximate surface area is 136 Å². The second-order valence-electron chi connectivity index (χ2n) is 5.63. The molecule has 21 heavy (non-hydrogen) atoms. The Balaban J connectivity index is 2.04. The van der Waals surface area contributed by atoms with Gasteiger partial charge in [0, 0.05) is 9.99 Å². The number of anilines is 1. The lowest BCUT2D eigenvalue weighted by Crippen LogP contribution is -2.28. The van der Waals surface area contributed by atoms with Gasteiger partial charge in [-0.3, -0.25) is 9.59 Å². The molecule has 4 nitrogen and oxygen atoms in total. The lowest BCUT2D eigenvalue weighted by molar-refractivity contribution is -0.140. The summed E-state index contributed by atoms with van der Waals surface area (Å²) >= 11 is 1.99. The predicted molar refractivity (Wildman–Crippen MR) is 85.5 cm³/mol. The van der Waals surface area contributed by atoms with Crippen LogP contribution in [-0.4, -0.2) is 17.0 Å². The molecular weight excluding hydrogens is 388 g/mol. The molecule has 0 bridgehead atoms. The van der Waals surface area contributed by atoms with Crippen molar-refractivity contribution in [3.63, 3.8) is 0 Å². The van der Waals surface area contributed by atoms with Crippen molar-refractivity contribution < 1.29 is 19.1 Å². The topological polar surface area (TPSA) is 66.4 Å². The zero-order valence-corrected chi connectivity index (χ0v) is 13.7. The zero-order valence-electron chi connectivity index (χ0n) is 11.5. The van der Waals surface area contributed by atoms with E-state index in [1.54, 1.807) is 6.07 Å². The molecule has 2 rings (SSSR count). The van der Waals surface area contributed by atoms with Crippen molar-refractivity contribution in [3.05, 3.63) is 27.6 Å². The quantitative estimate of drug-likeness (QED) is 0.733. The van der Waals surface area contributed by atoms with Crippen LogP contribution in [0.15, 0.2) is 18.2 Å². The van der Waals surface area contributed by atoms with E-state index < -0.39 is 17.2 Å². The molecule has 0 unspecified atom stereocenters. The Kier molecular flexibility index (Phi) is 5.18. The number of hydrogen-bond acceptors (Lipinski definition) is 2. The summed E-state index contributed by atoms with van der Waals surface area (Å²) in [4.78, 5) is 23.1. The van der Waals surface area contributed by atoms with E-state index in [-0.39, 0.29) is 24.4 Å². The van der Waals surface area contributed by atoms with Crippen molar-refractivity contribution >= 4 is 40.2 Å². The van der Waals surface area contributed by atoms with Gasteiger partial charge in [-0.05, 0) is 59.0 Å². The first-order valence-corrected chi connectivity index (χ1v) is 7.95. The van der Waals surface area contributed by atoms with Crippen molar-refractivity contribution in [1.29, 1.82) is 0 Å². The van der Waals surface area contributed by atoms with Gasteiger partial charge < -0.3 is 10.4 Å². The van der Waals surface area contributed by atoms with Crippen LogP contribution in [0.4, 0.5) is 10.1 Å². The lowest BCUT2D eigenvalue weighted by Gasteiger charge is -2.26. The van der Waals surface area contributed by atoms with Crippen LogP contribution in [0.25, 0.3) is 0 Å². The van der Waals surface area contributed by atoms with E-state index in [4.69, 9.17) is 5.11 Å². The Bertz CT molecular complexity index is 556. The number of carbonyl (C=O) groups excluding carboxylic acids is 1. The molecule has 114 valence electrons. The number of rotatable bonds is 5. The van der Waals surface area contributed by atoms with Crippen molar-refractivity contribution in [2.24, 2.45) is 5.41 Å². The summed E-state index contributed by atoms with van der Waals surface area (Å²) in [5.74, 6) is -1.68. The fourth-order valence-corrected chi connectivity index (χ4v) is 3.44. The highest BCUT2D eigenvalue weighted by Gasteiger charge is 2.38. The van der Waals surface area contributed by atoms with Gasteiger partial charge in [-0.2, -0.15) is 0 Å². The third kappa shape index (κ3) is 4.39. The fourth-order valence-electron chi connectivity index (χ4n) is 2.99. The number of aliphatic carboxylic acids is 1. The van der Waals surface area contributed by atoms with Crippen LogP contribution in [0.2, 0.25) is 0 Å². The molecule has 1 saturated carbocycles. The van der Waals surface area contributed by atoms with Crippen molar-refractivity contribution in [2.45, 2.75) is 38.5 Å². The second kappa shape index (κ2) is 6.72. The number of nitrogens with one attached hydrogen (secondary N) is 1. The second-order valence-corrected chi connectivity index (χ2v) is 6.87. The number of carboxylic acid groups (broad SMARTS) is 1. The summed E-state index contributed by atoms with van der Waals surface area (Å²) in [6.07, 6.45) is 3.49. The first-order valence-electron chi connectivity index (χ1n) is 6.87. The van der Waals surface area contributed by atoms with Crippen molar-refractivity contribution in [3.8, 4) is 0 Å². The molecule has 0 spiro atoms. The van der Waals surface area contributed by atoms with Gasteiger partial charge in [0.05, 0.1) is 12.1 Å². The monoisotopic (exact) mass is 405 g/mol. The smallest absolute Gasteiger partial charge is 0.303 e. The van der Waals surface area contributed by atoms with Gasteiger partial charge in [0.25, 0.3) is 0 Å². The third-order valence-corrected chi connectivity index (χ3v) is 4.60. The molecule has 1 amide bonds. The van der Waals surface area contributed by atoms with Crippen molar-refractivity contribution in [2.75, 3.05) is 5.32 Å². The average Bonchev–Trinajstić information content (AvgIpc) is 2.80. The third-order valence-electron chi connectivity index (χ3n) is 3.93. The van der Waals surface area contributed by atoms with Crippen LogP contribution >= 0.6 is 22.6 Å². The number of amides is 1. The largest absolute Gasteiger partial charge is 0.481 e. The van der Waals surface area contributed by atoms with Gasteiger partial charge in [0.1, 0.15) is 5.82 Å². The van der Waals surface area contributed by atoms with E-state index in [1.807, 2.05) is 22.6 Å². The molecule has 0 aromatic heterocycles. The predicted octanol–water partition coefficient (Wildman–Crippen LogP) is 3.79. The van der Waals surface area contributed by atoms with Gasteiger partial charge >= 0.3 is 5.97 Å². The first kappa shape index (κ1) is 16.2. The molecule has 0 heterocycles. The summed E-state index contributed by atoms with van der Waals surface area (Å²) in [5.41, 5.74) is -0.334. The zero-order chi connectivity index (χ0) is 15.5. The minimum absolute atomic E-state index is 0.00437. The molecule has 1 aromatic carbocycles. The maximum absolute atomic E-state index is 13.7. The van der Waals surface area contributed by atoms with Crippen molar-refractivity contribution in [1.82, 2.24) is 0 Å². The first-order chi connectivity index (χ1) is 9.90. The van der Waals surface area contributed by atoms with E-state index in [0.29, 0.717) is 0 Å². The van der Waals surface area contributed by atoms with Gasteiger partial charge in [-0.1, -0.05) is 12.8 Å². The maximum atomic E-state index is 13.7. The maximum Gasteiger partial charge on any atom is 0.303 e. The van der Waals surface area contributed by atoms with Crippen LogP contribution in [0.1, 0.15) is 38.5 Å². The van der Waals surface area contributed by atoms with E-state index in [1.165, 1.54) is 12.1 Å². The minimum Gasteiger partial charge on any atom is -0.481 e. The number of carbonyl (C=O) groups is 2. The van der Waals surface area contributed by atoms with Crippen LogP contribution < -0.4 is 5.32 Å². The van der Waals surface area contributed by atoms with Crippen LogP contribution in [0.5, 0.6) is 0 Å². The number of halogens is 2. The fraction of sp³-hybridized carbons (Fsp3) is 0.467. The van der Waals surface area contributed by atoms with Crippen LogP contribution in [0, 0.1) is 14.8 Å². The summed E-state index contributed by atoms with van der Waals surface area (Å²) in [7, 11) is 0. The molecule has 0 radical (unpaired) electrons. The molecule has 1 aliphatic carbocycles. The Morgan fingerprint density at radius 3 is 2.52 bits per heavy atom. The molecule has 0 atom stereocenters. The molecular formula is C15H17FINO3. The number of benzene rings is 1. The Morgan fingerprint density at radius 1 is 1.29 bits per heavy atom. The Hall–Kier alpha value is -1.18. The molecule has 2 N–H and O–H groups in total. The summed E-state index contributed by atoms with van der Waals surface area (Å²) < 4.78 is 14.5. The molecule has 0 aliphatic heterocycles. The average molecular weight is 405 g/mol. The van der Waals surface area contributed by atoms with Gasteiger partial charge in [-0.25, -0.2) is 4.39 Å². The molecule has 1 fully saturated rings. The standard InChI is InChI=1S/C15H17FINO3/c16-11-7-10(17)3-4-12(11)18-13(19)8-15(9-14(20)21)5-1-2-6-15/h3-4,7H,1-2,5-6,8-9H2,(H,18,19)(H,20,21). The minimum atomic E-state index is -0.884. The summed E-state index contributed by atoms with van der Waals surface area (Å²) in [5, 5.41) is 11.6. The van der Waals surface area contributed by atoms with Gasteiger partial charge in [0.15, 0.2) is 0 Å². The highest BCUT2D eigenvalue weighted by Crippen LogP contribution is 2.44. The molecule has 0 saturated heterocycles. The van der Waals surface area contributed by atoms with Gasteiger partial charge in [-0.15, -0.1) is 0 Å². The van der Waals surface area contributed by atoms with E-state index in [2.05, 4.69) is 5.32 Å². The van der Waals surface area contributed by atoms with E-state index in [0.717, 1.165) is 29.3 Å². The van der Waals surface area contributed by atoms with Crippen LogP contribution in [0.3, 0.4) is 0 Å². The molecule has 1 aromatic rings. The molecule has 1 aliphatic rings. The summed E-state index contributed by atoms with van der Waals surface area (Å²) in [6.45, 7) is 0. The SMILES string of the molecule is O=C(O)CC1(CC(=O)Nc2ccc(I)cc2F)CCCC1. The van der Waals surface area contributed by atoms with Gasteiger partial charge in [0.2, 0.25) is 5.91 Å². The number of hydrogen-bond donors (Lipinski definition) is 2. The Morgan fingerprint density at radius 2 is 1.95 bits per heavy atom. The number of carboxylic acids is 1. The lowest BCUT2D eigenvalue weighted by atomic mass is 9.79. The normalized spacial score (nSPS) is 16.7. The highest BCUT2D eigenvalue weighted by atomic mass is 127. The highest BCUT2D eigenvalue weighted by molar-refractivity contribution is 14.1. The van der Waals surface area contributed by atoms with Crippen LogP contribution in [-0.2, 0) is 9.59 Å². The molecule has 6 heteroatoms. The van der Waals surface area contributed by atoms with E-state index in [9.17, 15) is 14.0 Å². The summed E-state index contributed by atoms with van der Waals surface area (Å²) in [6, 6.07) is 4.58.